The lowest BCUT2D eigenvalue weighted by Crippen LogP contribution is -2.56. The molecule has 118 valence electrons. The lowest BCUT2D eigenvalue weighted by atomic mass is 9.76. The molecular weight excluding hydrogens is 248 g/mol. The van der Waals surface area contributed by atoms with Crippen LogP contribution in [0.5, 0.6) is 0 Å². The molecule has 1 aliphatic heterocycles. The second-order valence-corrected chi connectivity index (χ2v) is 7.14. The number of ether oxygens (including phenoxy) is 1. The largest absolute Gasteiger partial charge is 0.377 e. The molecule has 5 unspecified atom stereocenters. The van der Waals surface area contributed by atoms with Crippen molar-refractivity contribution in [2.75, 3.05) is 26.7 Å². The quantitative estimate of drug-likeness (QED) is 0.839. The van der Waals surface area contributed by atoms with Crippen LogP contribution in [0.2, 0.25) is 0 Å². The van der Waals surface area contributed by atoms with Gasteiger partial charge in [-0.25, -0.2) is 0 Å². The maximum atomic E-state index is 5.93. The molecule has 0 spiro atoms. The molecule has 2 aliphatic rings. The maximum Gasteiger partial charge on any atom is 0.0702 e. The first-order chi connectivity index (χ1) is 9.61. The fourth-order valence-electron chi connectivity index (χ4n) is 4.44. The number of likely N-dealkylation sites (N-methyl/N-ethyl adjacent to an activating group) is 2. The summed E-state index contributed by atoms with van der Waals surface area (Å²) in [6.45, 7) is 10.2. The highest BCUT2D eigenvalue weighted by Crippen LogP contribution is 2.32. The van der Waals surface area contributed by atoms with E-state index in [9.17, 15) is 0 Å². The van der Waals surface area contributed by atoms with Crippen molar-refractivity contribution in [1.82, 2.24) is 10.2 Å². The van der Waals surface area contributed by atoms with Crippen molar-refractivity contribution in [3.05, 3.63) is 0 Å². The van der Waals surface area contributed by atoms with E-state index in [1.165, 1.54) is 32.1 Å². The second kappa shape index (κ2) is 7.77. The van der Waals surface area contributed by atoms with Gasteiger partial charge in [0.2, 0.25) is 0 Å². The van der Waals surface area contributed by atoms with Gasteiger partial charge in [0.05, 0.1) is 6.10 Å². The third-order valence-electron chi connectivity index (χ3n) is 5.17. The van der Waals surface area contributed by atoms with Crippen LogP contribution in [0.4, 0.5) is 0 Å². The van der Waals surface area contributed by atoms with Crippen LogP contribution in [-0.4, -0.2) is 49.8 Å². The Bertz CT molecular complexity index is 278. The number of nitrogens with zero attached hydrogens (tertiary/aromatic N) is 1. The first kappa shape index (κ1) is 16.3. The molecule has 0 aromatic rings. The number of rotatable bonds is 5. The first-order valence-electron chi connectivity index (χ1n) is 8.67. The number of hydrogen-bond donors (Lipinski definition) is 1. The summed E-state index contributed by atoms with van der Waals surface area (Å²) in [6.07, 6.45) is 6.97. The van der Waals surface area contributed by atoms with Gasteiger partial charge in [0.1, 0.15) is 0 Å². The Kier molecular flexibility index (Phi) is 6.31. The Balaban J connectivity index is 1.94. The topological polar surface area (TPSA) is 24.5 Å². The minimum Gasteiger partial charge on any atom is -0.377 e. The van der Waals surface area contributed by atoms with E-state index in [-0.39, 0.29) is 0 Å². The Morgan fingerprint density at radius 1 is 1.20 bits per heavy atom. The van der Waals surface area contributed by atoms with Crippen molar-refractivity contribution in [2.24, 2.45) is 11.8 Å². The molecule has 1 heterocycles. The number of hydrogen-bond acceptors (Lipinski definition) is 3. The Morgan fingerprint density at radius 3 is 2.65 bits per heavy atom. The van der Waals surface area contributed by atoms with Gasteiger partial charge in [0, 0.05) is 25.2 Å². The van der Waals surface area contributed by atoms with Gasteiger partial charge in [-0.15, -0.1) is 0 Å². The van der Waals surface area contributed by atoms with E-state index >= 15 is 0 Å². The van der Waals surface area contributed by atoms with Crippen LogP contribution < -0.4 is 5.32 Å². The molecule has 1 N–H and O–H groups in total. The normalized spacial score (nSPS) is 39.1. The van der Waals surface area contributed by atoms with Crippen molar-refractivity contribution in [1.29, 1.82) is 0 Å². The zero-order valence-corrected chi connectivity index (χ0v) is 13.9. The van der Waals surface area contributed by atoms with Crippen molar-refractivity contribution in [3.8, 4) is 0 Å². The van der Waals surface area contributed by atoms with Crippen molar-refractivity contribution < 1.29 is 4.74 Å². The highest BCUT2D eigenvalue weighted by atomic mass is 16.5. The van der Waals surface area contributed by atoms with E-state index in [4.69, 9.17) is 4.74 Å². The van der Waals surface area contributed by atoms with Crippen LogP contribution in [0.15, 0.2) is 0 Å². The highest BCUT2D eigenvalue weighted by Gasteiger charge is 2.36. The summed E-state index contributed by atoms with van der Waals surface area (Å²) in [7, 11) is 2.31. The molecular formula is C17H34N2O. The lowest BCUT2D eigenvalue weighted by molar-refractivity contribution is -0.0231. The van der Waals surface area contributed by atoms with Crippen molar-refractivity contribution in [2.45, 2.75) is 71.1 Å². The molecule has 5 atom stereocenters. The van der Waals surface area contributed by atoms with E-state index in [0.717, 1.165) is 31.5 Å². The van der Waals surface area contributed by atoms with Crippen LogP contribution in [-0.2, 0) is 4.74 Å². The van der Waals surface area contributed by atoms with Gasteiger partial charge >= 0.3 is 0 Å². The molecule has 0 radical (unpaired) electrons. The molecule has 1 saturated carbocycles. The van der Waals surface area contributed by atoms with Gasteiger partial charge in [-0.3, -0.25) is 4.90 Å². The molecule has 0 aromatic heterocycles. The van der Waals surface area contributed by atoms with Gasteiger partial charge < -0.3 is 10.1 Å². The van der Waals surface area contributed by atoms with Crippen molar-refractivity contribution in [3.63, 3.8) is 0 Å². The fraction of sp³-hybridized carbons (Fsp3) is 1.00. The Hall–Kier alpha value is -0.120. The summed E-state index contributed by atoms with van der Waals surface area (Å²) in [5.74, 6) is 1.63. The molecule has 2 rings (SSSR count). The lowest BCUT2D eigenvalue weighted by Gasteiger charge is -2.45. The van der Waals surface area contributed by atoms with Gasteiger partial charge in [-0.2, -0.15) is 0 Å². The zero-order valence-electron chi connectivity index (χ0n) is 13.9. The minimum absolute atomic E-state index is 0.461. The smallest absolute Gasteiger partial charge is 0.0702 e. The van der Waals surface area contributed by atoms with E-state index in [1.54, 1.807) is 0 Å². The maximum absolute atomic E-state index is 5.93. The summed E-state index contributed by atoms with van der Waals surface area (Å²) in [5.41, 5.74) is 0. The molecule has 0 amide bonds. The van der Waals surface area contributed by atoms with Gasteiger partial charge in [-0.05, 0) is 57.5 Å². The predicted octanol–water partition coefficient (Wildman–Crippen LogP) is 2.90. The highest BCUT2D eigenvalue weighted by molar-refractivity contribution is 4.93. The SMILES string of the molecule is CCNC1CC(C)CC(C)C1N(C)CC1CCCCO1. The molecule has 3 heteroatoms. The molecule has 0 bridgehead atoms. The summed E-state index contributed by atoms with van der Waals surface area (Å²) in [4.78, 5) is 2.58. The monoisotopic (exact) mass is 282 g/mol. The second-order valence-electron chi connectivity index (χ2n) is 7.14. The predicted molar refractivity (Wildman–Crippen MR) is 85.0 cm³/mol. The Morgan fingerprint density at radius 2 is 2.00 bits per heavy atom. The first-order valence-corrected chi connectivity index (χ1v) is 8.67. The summed E-state index contributed by atoms with van der Waals surface area (Å²) in [5, 5.41) is 3.73. The van der Waals surface area contributed by atoms with Crippen LogP contribution in [0.1, 0.15) is 52.9 Å². The standard InChI is InChI=1S/C17H34N2O/c1-5-18-16-11-13(2)10-14(3)17(16)19(4)12-15-8-6-7-9-20-15/h13-18H,5-12H2,1-4H3. The van der Waals surface area contributed by atoms with E-state index in [1.807, 2.05) is 0 Å². The van der Waals surface area contributed by atoms with E-state index in [0.29, 0.717) is 18.2 Å². The molecule has 20 heavy (non-hydrogen) atoms. The average Bonchev–Trinajstić information content (AvgIpc) is 2.39. The molecule has 1 aliphatic carbocycles. The van der Waals surface area contributed by atoms with Crippen LogP contribution in [0.25, 0.3) is 0 Å². The summed E-state index contributed by atoms with van der Waals surface area (Å²) < 4.78 is 5.93. The van der Waals surface area contributed by atoms with Crippen LogP contribution >= 0.6 is 0 Å². The van der Waals surface area contributed by atoms with Gasteiger partial charge in [0.25, 0.3) is 0 Å². The average molecular weight is 282 g/mol. The van der Waals surface area contributed by atoms with E-state index < -0.39 is 0 Å². The third kappa shape index (κ3) is 4.19. The van der Waals surface area contributed by atoms with Crippen LogP contribution in [0.3, 0.4) is 0 Å². The van der Waals surface area contributed by atoms with Gasteiger partial charge in [0.15, 0.2) is 0 Å². The summed E-state index contributed by atoms with van der Waals surface area (Å²) >= 11 is 0. The minimum atomic E-state index is 0.461. The number of nitrogens with one attached hydrogen (secondary N) is 1. The zero-order chi connectivity index (χ0) is 14.5. The fourth-order valence-corrected chi connectivity index (χ4v) is 4.44. The van der Waals surface area contributed by atoms with Crippen LogP contribution in [0, 0.1) is 11.8 Å². The molecule has 2 fully saturated rings. The van der Waals surface area contributed by atoms with E-state index in [2.05, 4.69) is 38.0 Å². The third-order valence-corrected chi connectivity index (χ3v) is 5.17. The Labute approximate surface area is 125 Å². The molecule has 3 nitrogen and oxygen atoms in total. The van der Waals surface area contributed by atoms with Crippen molar-refractivity contribution >= 4 is 0 Å². The summed E-state index contributed by atoms with van der Waals surface area (Å²) in [6, 6.07) is 1.31. The molecule has 1 saturated heterocycles. The molecule has 0 aromatic carbocycles. The van der Waals surface area contributed by atoms with Gasteiger partial charge in [-0.1, -0.05) is 20.8 Å².